The molecule has 0 spiro atoms. The fourth-order valence-electron chi connectivity index (χ4n) is 2.78. The van der Waals surface area contributed by atoms with Crippen LogP contribution in [-0.2, 0) is 20.9 Å². The van der Waals surface area contributed by atoms with Crippen LogP contribution in [0.1, 0.15) is 24.8 Å². The zero-order valence-electron chi connectivity index (χ0n) is 13.1. The molecule has 0 amide bonds. The molecule has 1 aromatic rings. The van der Waals surface area contributed by atoms with Crippen molar-refractivity contribution in [3.63, 3.8) is 0 Å². The van der Waals surface area contributed by atoms with Gasteiger partial charge in [-0.25, -0.2) is 0 Å². The van der Waals surface area contributed by atoms with E-state index in [1.807, 2.05) is 30.3 Å². The molecule has 1 saturated heterocycles. The quantitative estimate of drug-likeness (QED) is 0.399. The van der Waals surface area contributed by atoms with Crippen LogP contribution in [0, 0.1) is 0 Å². The van der Waals surface area contributed by atoms with Crippen LogP contribution in [0.3, 0.4) is 0 Å². The highest BCUT2D eigenvalue weighted by Gasteiger charge is 2.39. The number of hydrogen-bond acceptors (Lipinski definition) is 4. The maximum atomic E-state index is 11.8. The van der Waals surface area contributed by atoms with Gasteiger partial charge in [-0.05, 0) is 24.8 Å². The molecule has 1 aliphatic rings. The molecule has 0 N–H and O–H groups in total. The van der Waals surface area contributed by atoms with Crippen molar-refractivity contribution in [2.24, 2.45) is 0 Å². The van der Waals surface area contributed by atoms with Gasteiger partial charge in [-0.1, -0.05) is 36.4 Å². The monoisotopic (exact) mass is 303 g/mol. The maximum absolute atomic E-state index is 11.8. The zero-order valence-corrected chi connectivity index (χ0v) is 13.1. The van der Waals surface area contributed by atoms with Crippen LogP contribution in [0.5, 0.6) is 0 Å². The Morgan fingerprint density at radius 3 is 2.82 bits per heavy atom. The lowest BCUT2D eigenvalue weighted by Crippen LogP contribution is -2.55. The summed E-state index contributed by atoms with van der Waals surface area (Å²) in [7, 11) is 0. The average molecular weight is 303 g/mol. The molecular formula is C18H25NO3. The van der Waals surface area contributed by atoms with Crippen LogP contribution in [-0.4, -0.2) is 43.2 Å². The summed E-state index contributed by atoms with van der Waals surface area (Å²) < 4.78 is 11.5. The number of benzene rings is 1. The molecule has 1 heterocycles. The molecule has 0 saturated carbocycles. The van der Waals surface area contributed by atoms with Gasteiger partial charge in [0.05, 0.1) is 19.8 Å². The Labute approximate surface area is 132 Å². The molecule has 0 aromatic heterocycles. The number of likely N-dealkylation sites (tertiary alicyclic amines) is 1. The van der Waals surface area contributed by atoms with E-state index >= 15 is 0 Å². The topological polar surface area (TPSA) is 38.8 Å². The molecule has 120 valence electrons. The van der Waals surface area contributed by atoms with Crippen LogP contribution in [0.25, 0.3) is 0 Å². The summed E-state index contributed by atoms with van der Waals surface area (Å²) in [5.41, 5.74) is 0.267. The zero-order chi connectivity index (χ0) is 15.7. The van der Waals surface area contributed by atoms with E-state index in [1.165, 1.54) is 0 Å². The van der Waals surface area contributed by atoms with E-state index in [1.54, 1.807) is 6.08 Å². The minimum atomic E-state index is -0.814. The van der Waals surface area contributed by atoms with E-state index in [4.69, 9.17) is 9.47 Å². The van der Waals surface area contributed by atoms with Gasteiger partial charge in [0.25, 0.3) is 0 Å². The predicted molar refractivity (Wildman–Crippen MR) is 86.5 cm³/mol. The highest BCUT2D eigenvalue weighted by molar-refractivity contribution is 5.62. The van der Waals surface area contributed by atoms with Crippen LogP contribution < -0.4 is 0 Å². The van der Waals surface area contributed by atoms with Gasteiger partial charge < -0.3 is 9.47 Å². The number of ether oxygens (including phenoxy) is 2. The molecule has 0 aliphatic carbocycles. The van der Waals surface area contributed by atoms with Gasteiger partial charge in [-0.2, -0.15) is 0 Å². The molecule has 1 aliphatic heterocycles. The smallest absolute Gasteiger partial charge is 0.178 e. The number of rotatable bonds is 9. The minimum absolute atomic E-state index is 0.448. The van der Waals surface area contributed by atoms with Crippen molar-refractivity contribution in [1.29, 1.82) is 0 Å². The molecule has 1 unspecified atom stereocenters. The van der Waals surface area contributed by atoms with Gasteiger partial charge in [0, 0.05) is 13.1 Å². The maximum Gasteiger partial charge on any atom is 0.178 e. The second kappa shape index (κ2) is 8.83. The Kier molecular flexibility index (Phi) is 6.77. The van der Waals surface area contributed by atoms with E-state index in [2.05, 4.69) is 11.5 Å². The Hall–Kier alpha value is -1.49. The first kappa shape index (κ1) is 16.9. The molecule has 1 aromatic carbocycles. The van der Waals surface area contributed by atoms with Gasteiger partial charge in [0.15, 0.2) is 12.0 Å². The largest absolute Gasteiger partial charge is 0.376 e. The lowest BCUT2D eigenvalue weighted by atomic mass is 9.99. The summed E-state index contributed by atoms with van der Waals surface area (Å²) in [5, 5.41) is 0. The summed E-state index contributed by atoms with van der Waals surface area (Å²) >= 11 is 0. The fourth-order valence-corrected chi connectivity index (χ4v) is 2.78. The van der Waals surface area contributed by atoms with E-state index in [0.717, 1.165) is 37.7 Å². The fraction of sp³-hybridized carbons (Fsp3) is 0.500. The molecule has 2 rings (SSSR count). The third-order valence-corrected chi connectivity index (χ3v) is 4.01. The molecular weight excluding hydrogens is 278 g/mol. The minimum Gasteiger partial charge on any atom is -0.376 e. The molecule has 0 bridgehead atoms. The first-order chi connectivity index (χ1) is 10.8. The lowest BCUT2D eigenvalue weighted by Gasteiger charge is -2.43. The highest BCUT2D eigenvalue weighted by Crippen LogP contribution is 2.28. The normalized spacial score (nSPS) is 22.4. The van der Waals surface area contributed by atoms with Crippen molar-refractivity contribution in [2.75, 3.05) is 26.3 Å². The summed E-state index contributed by atoms with van der Waals surface area (Å²) in [4.78, 5) is 13.9. The van der Waals surface area contributed by atoms with E-state index in [9.17, 15) is 4.79 Å². The van der Waals surface area contributed by atoms with Crippen molar-refractivity contribution in [3.8, 4) is 0 Å². The molecule has 0 radical (unpaired) electrons. The van der Waals surface area contributed by atoms with Crippen molar-refractivity contribution < 1.29 is 14.3 Å². The summed E-state index contributed by atoms with van der Waals surface area (Å²) in [6, 6.07) is 9.96. The van der Waals surface area contributed by atoms with Crippen LogP contribution >= 0.6 is 0 Å². The Balaban J connectivity index is 1.96. The van der Waals surface area contributed by atoms with Crippen LogP contribution in [0.4, 0.5) is 0 Å². The second-order valence-electron chi connectivity index (χ2n) is 5.54. The van der Waals surface area contributed by atoms with Gasteiger partial charge in [0.1, 0.15) is 0 Å². The number of carbonyl (C=O) groups is 1. The standard InChI is InChI=1S/C18H25NO3/c1-2-13-21-14-12-19-11-7-6-10-18(19,16-20)22-15-17-8-4-3-5-9-17/h2-5,8-9,16H,1,6-7,10-15H2. The molecule has 4 heteroatoms. The molecule has 22 heavy (non-hydrogen) atoms. The van der Waals surface area contributed by atoms with Crippen molar-refractivity contribution >= 4 is 6.29 Å². The van der Waals surface area contributed by atoms with E-state index in [0.29, 0.717) is 26.4 Å². The van der Waals surface area contributed by atoms with E-state index < -0.39 is 5.72 Å². The first-order valence-corrected chi connectivity index (χ1v) is 7.88. The lowest BCUT2D eigenvalue weighted by molar-refractivity contribution is -0.183. The van der Waals surface area contributed by atoms with Gasteiger partial charge >= 0.3 is 0 Å². The van der Waals surface area contributed by atoms with Gasteiger partial charge in [-0.15, -0.1) is 6.58 Å². The third kappa shape index (κ3) is 4.50. The Bertz CT molecular complexity index is 463. The van der Waals surface area contributed by atoms with Crippen molar-refractivity contribution in [1.82, 2.24) is 4.90 Å². The first-order valence-electron chi connectivity index (χ1n) is 7.88. The Morgan fingerprint density at radius 2 is 2.09 bits per heavy atom. The van der Waals surface area contributed by atoms with Crippen molar-refractivity contribution in [3.05, 3.63) is 48.6 Å². The van der Waals surface area contributed by atoms with Crippen molar-refractivity contribution in [2.45, 2.75) is 31.6 Å². The number of piperidine rings is 1. The molecule has 4 nitrogen and oxygen atoms in total. The number of carbonyl (C=O) groups excluding carboxylic acids is 1. The number of aldehydes is 1. The second-order valence-corrected chi connectivity index (χ2v) is 5.54. The molecule has 1 atom stereocenters. The predicted octanol–water partition coefficient (Wildman–Crippen LogP) is 2.79. The number of hydrogen-bond donors (Lipinski definition) is 0. The van der Waals surface area contributed by atoms with Crippen LogP contribution in [0.15, 0.2) is 43.0 Å². The number of nitrogens with zero attached hydrogens (tertiary/aromatic N) is 1. The highest BCUT2D eigenvalue weighted by atomic mass is 16.5. The van der Waals surface area contributed by atoms with Crippen LogP contribution in [0.2, 0.25) is 0 Å². The third-order valence-electron chi connectivity index (χ3n) is 4.01. The summed E-state index contributed by atoms with van der Waals surface area (Å²) in [6.07, 6.45) is 5.53. The Morgan fingerprint density at radius 1 is 1.27 bits per heavy atom. The molecule has 1 fully saturated rings. The summed E-state index contributed by atoms with van der Waals surface area (Å²) in [5.74, 6) is 0. The van der Waals surface area contributed by atoms with Gasteiger partial charge in [-0.3, -0.25) is 9.69 Å². The van der Waals surface area contributed by atoms with E-state index in [-0.39, 0.29) is 0 Å². The summed E-state index contributed by atoms with van der Waals surface area (Å²) in [6.45, 7) is 6.76. The van der Waals surface area contributed by atoms with Gasteiger partial charge in [0.2, 0.25) is 0 Å². The average Bonchev–Trinajstić information content (AvgIpc) is 2.59. The SMILES string of the molecule is C=CCOCCN1CCCCC1(C=O)OCc1ccccc1.